The lowest BCUT2D eigenvalue weighted by Gasteiger charge is -2.17. The molecule has 0 saturated carbocycles. The van der Waals surface area contributed by atoms with Gasteiger partial charge < -0.3 is 5.32 Å². The van der Waals surface area contributed by atoms with Crippen LogP contribution in [0.5, 0.6) is 0 Å². The van der Waals surface area contributed by atoms with Crippen molar-refractivity contribution in [2.24, 2.45) is 0 Å². The standard InChI is InChI=1S/C14H12F4N2/c1-19-13(9-3-2-4-11(15)7-9)12-6-5-10(8-20-12)14(16,17)18/h2-8,13,19H,1H3. The maximum Gasteiger partial charge on any atom is 0.417 e. The van der Waals surface area contributed by atoms with Gasteiger partial charge in [-0.25, -0.2) is 4.39 Å². The first-order valence-electron chi connectivity index (χ1n) is 5.87. The van der Waals surface area contributed by atoms with Crippen molar-refractivity contribution in [3.8, 4) is 0 Å². The molecule has 2 rings (SSSR count). The average Bonchev–Trinajstić information content (AvgIpc) is 2.39. The summed E-state index contributed by atoms with van der Waals surface area (Å²) in [7, 11) is 1.63. The van der Waals surface area contributed by atoms with Crippen molar-refractivity contribution in [3.63, 3.8) is 0 Å². The first-order chi connectivity index (χ1) is 9.41. The van der Waals surface area contributed by atoms with E-state index in [4.69, 9.17) is 0 Å². The summed E-state index contributed by atoms with van der Waals surface area (Å²) in [5.74, 6) is -0.408. The van der Waals surface area contributed by atoms with Crippen LogP contribution in [0.1, 0.15) is 22.9 Å². The highest BCUT2D eigenvalue weighted by atomic mass is 19.4. The Labute approximate surface area is 113 Å². The van der Waals surface area contributed by atoms with Gasteiger partial charge in [0.1, 0.15) is 5.82 Å². The van der Waals surface area contributed by atoms with Crippen LogP contribution in [0.3, 0.4) is 0 Å². The lowest BCUT2D eigenvalue weighted by atomic mass is 10.0. The number of rotatable bonds is 3. The van der Waals surface area contributed by atoms with E-state index in [1.807, 2.05) is 0 Å². The second-order valence-corrected chi connectivity index (χ2v) is 4.25. The van der Waals surface area contributed by atoms with E-state index in [0.29, 0.717) is 11.3 Å². The summed E-state index contributed by atoms with van der Waals surface area (Å²) in [6, 6.07) is 7.63. The number of halogens is 4. The van der Waals surface area contributed by atoms with E-state index in [1.54, 1.807) is 19.2 Å². The number of hydrogen-bond donors (Lipinski definition) is 1. The molecule has 0 aliphatic heterocycles. The molecule has 2 aromatic rings. The average molecular weight is 284 g/mol. The lowest BCUT2D eigenvalue weighted by Crippen LogP contribution is -2.19. The number of aromatic nitrogens is 1. The van der Waals surface area contributed by atoms with Gasteiger partial charge in [-0.2, -0.15) is 13.2 Å². The largest absolute Gasteiger partial charge is 0.417 e. The summed E-state index contributed by atoms with van der Waals surface area (Å²) in [5.41, 5.74) is 0.182. The SMILES string of the molecule is CNC(c1cccc(F)c1)c1ccc(C(F)(F)F)cn1. The minimum Gasteiger partial charge on any atom is -0.308 e. The Hall–Kier alpha value is -1.95. The maximum atomic E-state index is 13.2. The number of nitrogens with one attached hydrogen (secondary N) is 1. The molecule has 0 bridgehead atoms. The highest BCUT2D eigenvalue weighted by Gasteiger charge is 2.31. The monoisotopic (exact) mass is 284 g/mol. The van der Waals surface area contributed by atoms with Gasteiger partial charge in [0.2, 0.25) is 0 Å². The van der Waals surface area contributed by atoms with Crippen LogP contribution >= 0.6 is 0 Å². The number of nitrogens with zero attached hydrogens (tertiary/aromatic N) is 1. The van der Waals surface area contributed by atoms with Gasteiger partial charge in [-0.3, -0.25) is 4.98 Å². The fourth-order valence-electron chi connectivity index (χ4n) is 1.92. The van der Waals surface area contributed by atoms with Gasteiger partial charge in [-0.15, -0.1) is 0 Å². The Bertz CT molecular complexity index is 578. The molecule has 0 amide bonds. The van der Waals surface area contributed by atoms with Gasteiger partial charge in [0.15, 0.2) is 0 Å². The van der Waals surface area contributed by atoms with E-state index in [1.165, 1.54) is 18.2 Å². The first-order valence-corrected chi connectivity index (χ1v) is 5.87. The molecule has 106 valence electrons. The fraction of sp³-hybridized carbons (Fsp3) is 0.214. The summed E-state index contributed by atoms with van der Waals surface area (Å²) in [5, 5.41) is 2.91. The lowest BCUT2D eigenvalue weighted by molar-refractivity contribution is -0.137. The minimum atomic E-state index is -4.42. The third-order valence-corrected chi connectivity index (χ3v) is 2.88. The van der Waals surface area contributed by atoms with Crippen molar-refractivity contribution >= 4 is 0 Å². The zero-order valence-electron chi connectivity index (χ0n) is 10.6. The molecule has 1 N–H and O–H groups in total. The molecule has 0 spiro atoms. The first kappa shape index (κ1) is 14.5. The molecule has 0 aliphatic rings. The van der Waals surface area contributed by atoms with E-state index < -0.39 is 23.6 Å². The maximum absolute atomic E-state index is 13.2. The molecule has 0 aliphatic carbocycles. The van der Waals surface area contributed by atoms with Crippen LogP contribution in [0.4, 0.5) is 17.6 Å². The molecule has 1 aromatic heterocycles. The number of pyridine rings is 1. The van der Waals surface area contributed by atoms with E-state index in [-0.39, 0.29) is 0 Å². The van der Waals surface area contributed by atoms with Crippen molar-refractivity contribution in [1.29, 1.82) is 0 Å². The number of hydrogen-bond acceptors (Lipinski definition) is 2. The van der Waals surface area contributed by atoms with Gasteiger partial charge in [0.25, 0.3) is 0 Å². The van der Waals surface area contributed by atoms with Crippen LogP contribution in [0.25, 0.3) is 0 Å². The van der Waals surface area contributed by atoms with E-state index in [2.05, 4.69) is 10.3 Å². The highest BCUT2D eigenvalue weighted by molar-refractivity contribution is 5.29. The Kier molecular flexibility index (Phi) is 4.04. The Morgan fingerprint density at radius 3 is 2.40 bits per heavy atom. The predicted octanol–water partition coefficient (Wildman–Crippen LogP) is 3.55. The van der Waals surface area contributed by atoms with E-state index in [9.17, 15) is 17.6 Å². The Morgan fingerprint density at radius 1 is 1.15 bits per heavy atom. The van der Waals surface area contributed by atoms with Crippen molar-refractivity contribution < 1.29 is 17.6 Å². The molecule has 20 heavy (non-hydrogen) atoms. The molecule has 1 aromatic carbocycles. The Balaban J connectivity index is 2.33. The topological polar surface area (TPSA) is 24.9 Å². The van der Waals surface area contributed by atoms with Crippen molar-refractivity contribution in [3.05, 3.63) is 65.2 Å². The normalized spacial score (nSPS) is 13.2. The van der Waals surface area contributed by atoms with Crippen LogP contribution in [-0.2, 0) is 6.18 Å². The summed E-state index contributed by atoms with van der Waals surface area (Å²) in [6.07, 6.45) is -3.64. The predicted molar refractivity (Wildman–Crippen MR) is 66.5 cm³/mol. The highest BCUT2D eigenvalue weighted by Crippen LogP contribution is 2.29. The summed E-state index contributed by atoms with van der Waals surface area (Å²) in [6.45, 7) is 0. The number of alkyl halides is 3. The van der Waals surface area contributed by atoms with E-state index >= 15 is 0 Å². The van der Waals surface area contributed by atoms with Crippen LogP contribution in [0.15, 0.2) is 42.6 Å². The molecular weight excluding hydrogens is 272 g/mol. The Morgan fingerprint density at radius 2 is 1.90 bits per heavy atom. The van der Waals surface area contributed by atoms with Gasteiger partial charge in [0, 0.05) is 6.20 Å². The third-order valence-electron chi connectivity index (χ3n) is 2.88. The molecular formula is C14H12F4N2. The van der Waals surface area contributed by atoms with Crippen LogP contribution in [-0.4, -0.2) is 12.0 Å². The van der Waals surface area contributed by atoms with Crippen molar-refractivity contribution in [1.82, 2.24) is 10.3 Å². The van der Waals surface area contributed by atoms with E-state index in [0.717, 1.165) is 12.3 Å². The van der Waals surface area contributed by atoms with Crippen LogP contribution in [0, 0.1) is 5.82 Å². The van der Waals surface area contributed by atoms with Crippen molar-refractivity contribution in [2.75, 3.05) is 7.05 Å². The quantitative estimate of drug-likeness (QED) is 0.872. The fourth-order valence-corrected chi connectivity index (χ4v) is 1.92. The minimum absolute atomic E-state index is 0.395. The van der Waals surface area contributed by atoms with Gasteiger partial charge in [-0.1, -0.05) is 12.1 Å². The van der Waals surface area contributed by atoms with Crippen molar-refractivity contribution in [2.45, 2.75) is 12.2 Å². The molecule has 1 unspecified atom stereocenters. The molecule has 1 heterocycles. The smallest absolute Gasteiger partial charge is 0.308 e. The number of benzene rings is 1. The second-order valence-electron chi connectivity index (χ2n) is 4.25. The molecule has 0 radical (unpaired) electrons. The van der Waals surface area contributed by atoms with Gasteiger partial charge >= 0.3 is 6.18 Å². The summed E-state index contributed by atoms with van der Waals surface area (Å²) >= 11 is 0. The van der Waals surface area contributed by atoms with Gasteiger partial charge in [-0.05, 0) is 36.9 Å². The van der Waals surface area contributed by atoms with Crippen LogP contribution in [0.2, 0.25) is 0 Å². The van der Waals surface area contributed by atoms with Crippen LogP contribution < -0.4 is 5.32 Å². The zero-order valence-corrected chi connectivity index (χ0v) is 10.6. The summed E-state index contributed by atoms with van der Waals surface area (Å²) < 4.78 is 50.6. The van der Waals surface area contributed by atoms with Gasteiger partial charge in [0.05, 0.1) is 17.3 Å². The third kappa shape index (κ3) is 3.14. The molecule has 2 nitrogen and oxygen atoms in total. The molecule has 6 heteroatoms. The molecule has 1 atom stereocenters. The summed E-state index contributed by atoms with van der Waals surface area (Å²) in [4.78, 5) is 3.82. The molecule has 0 saturated heterocycles. The molecule has 0 fully saturated rings. The second kappa shape index (κ2) is 5.58. The zero-order chi connectivity index (χ0) is 14.8.